The van der Waals surface area contributed by atoms with Crippen molar-refractivity contribution in [2.75, 3.05) is 0 Å². The molecule has 17 heavy (non-hydrogen) atoms. The van der Waals surface area contributed by atoms with Gasteiger partial charge in [0.1, 0.15) is 0 Å². The number of nitrogens with two attached hydrogens (primary N) is 1. The molecule has 3 heteroatoms. The molecule has 0 aliphatic heterocycles. The summed E-state index contributed by atoms with van der Waals surface area (Å²) in [5.41, 5.74) is 8.38. The summed E-state index contributed by atoms with van der Waals surface area (Å²) in [5.74, 6) is 0. The van der Waals surface area contributed by atoms with E-state index in [0.717, 1.165) is 17.4 Å². The zero-order valence-corrected chi connectivity index (χ0v) is 11.5. The van der Waals surface area contributed by atoms with Gasteiger partial charge in [0.25, 0.3) is 0 Å². The summed E-state index contributed by atoms with van der Waals surface area (Å²) in [7, 11) is 0. The van der Waals surface area contributed by atoms with E-state index in [1.807, 2.05) is 13.0 Å². The Morgan fingerprint density at radius 3 is 2.76 bits per heavy atom. The number of halogens is 1. The summed E-state index contributed by atoms with van der Waals surface area (Å²) in [6, 6.07) is 10.7. The third-order valence-corrected chi connectivity index (χ3v) is 3.45. The van der Waals surface area contributed by atoms with Crippen LogP contribution < -0.4 is 5.73 Å². The van der Waals surface area contributed by atoms with Gasteiger partial charge in [-0.2, -0.15) is 0 Å². The SMILES string of the molecule is CC(N)Cc1ccn(Cc2ccccc2Br)c1. The molecule has 1 atom stereocenters. The first-order valence-electron chi connectivity index (χ1n) is 5.79. The zero-order chi connectivity index (χ0) is 12.3. The second-order valence-corrected chi connectivity index (χ2v) is 5.32. The minimum atomic E-state index is 0.217. The average molecular weight is 293 g/mol. The van der Waals surface area contributed by atoms with E-state index in [2.05, 4.69) is 57.2 Å². The van der Waals surface area contributed by atoms with Gasteiger partial charge in [-0.25, -0.2) is 0 Å². The molecule has 1 heterocycles. The molecule has 1 aromatic heterocycles. The second kappa shape index (κ2) is 5.52. The van der Waals surface area contributed by atoms with Crippen molar-refractivity contribution in [3.8, 4) is 0 Å². The largest absolute Gasteiger partial charge is 0.350 e. The summed E-state index contributed by atoms with van der Waals surface area (Å²) in [4.78, 5) is 0. The van der Waals surface area contributed by atoms with Gasteiger partial charge in [-0.3, -0.25) is 0 Å². The number of hydrogen-bond donors (Lipinski definition) is 1. The number of aromatic nitrogens is 1. The van der Waals surface area contributed by atoms with Crippen LogP contribution >= 0.6 is 15.9 Å². The maximum absolute atomic E-state index is 5.79. The van der Waals surface area contributed by atoms with Gasteiger partial charge in [0.05, 0.1) is 0 Å². The Hall–Kier alpha value is -1.06. The molecule has 2 rings (SSSR count). The molecule has 0 fully saturated rings. The van der Waals surface area contributed by atoms with Crippen molar-refractivity contribution in [1.82, 2.24) is 4.57 Å². The summed E-state index contributed by atoms with van der Waals surface area (Å²) in [6.07, 6.45) is 5.21. The van der Waals surface area contributed by atoms with E-state index < -0.39 is 0 Å². The quantitative estimate of drug-likeness (QED) is 0.922. The van der Waals surface area contributed by atoms with E-state index in [0.29, 0.717) is 0 Å². The molecule has 0 saturated carbocycles. The van der Waals surface area contributed by atoms with Gasteiger partial charge in [-0.15, -0.1) is 0 Å². The fraction of sp³-hybridized carbons (Fsp3) is 0.286. The van der Waals surface area contributed by atoms with E-state index >= 15 is 0 Å². The number of rotatable bonds is 4. The smallest absolute Gasteiger partial charge is 0.0481 e. The van der Waals surface area contributed by atoms with Gasteiger partial charge in [0.2, 0.25) is 0 Å². The Bertz CT molecular complexity index is 488. The van der Waals surface area contributed by atoms with E-state index in [9.17, 15) is 0 Å². The van der Waals surface area contributed by atoms with E-state index in [-0.39, 0.29) is 6.04 Å². The van der Waals surface area contributed by atoms with Gasteiger partial charge in [-0.05, 0) is 36.6 Å². The molecule has 2 nitrogen and oxygen atoms in total. The van der Waals surface area contributed by atoms with E-state index in [1.54, 1.807) is 0 Å². The van der Waals surface area contributed by atoms with Crippen LogP contribution in [0.15, 0.2) is 47.2 Å². The van der Waals surface area contributed by atoms with Crippen LogP contribution in [0.1, 0.15) is 18.1 Å². The molecule has 2 aromatic rings. The summed E-state index contributed by atoms with van der Waals surface area (Å²) < 4.78 is 3.35. The van der Waals surface area contributed by atoms with Crippen LogP contribution in [0.25, 0.3) is 0 Å². The lowest BCUT2D eigenvalue weighted by atomic mass is 10.1. The van der Waals surface area contributed by atoms with Crippen molar-refractivity contribution >= 4 is 15.9 Å². The Labute approximate surface area is 111 Å². The molecule has 0 amide bonds. The fourth-order valence-corrected chi connectivity index (χ4v) is 2.31. The van der Waals surface area contributed by atoms with Gasteiger partial charge >= 0.3 is 0 Å². The van der Waals surface area contributed by atoms with Gasteiger partial charge in [-0.1, -0.05) is 34.1 Å². The molecular formula is C14H17BrN2. The second-order valence-electron chi connectivity index (χ2n) is 4.46. The highest BCUT2D eigenvalue weighted by Gasteiger charge is 2.02. The maximum Gasteiger partial charge on any atom is 0.0481 e. The summed E-state index contributed by atoms with van der Waals surface area (Å²) in [6.45, 7) is 2.92. The molecule has 0 radical (unpaired) electrons. The maximum atomic E-state index is 5.79. The minimum absolute atomic E-state index is 0.217. The first-order chi connectivity index (χ1) is 8.15. The van der Waals surface area contributed by atoms with Crippen molar-refractivity contribution in [3.05, 3.63) is 58.3 Å². The number of benzene rings is 1. The van der Waals surface area contributed by atoms with Crippen molar-refractivity contribution in [2.45, 2.75) is 25.9 Å². The Morgan fingerprint density at radius 2 is 2.06 bits per heavy atom. The summed E-state index contributed by atoms with van der Waals surface area (Å²) >= 11 is 3.57. The van der Waals surface area contributed by atoms with E-state index in [1.165, 1.54) is 11.1 Å². The monoisotopic (exact) mass is 292 g/mol. The topological polar surface area (TPSA) is 30.9 Å². The van der Waals surface area contributed by atoms with Crippen LogP contribution in [0.3, 0.4) is 0 Å². The van der Waals surface area contributed by atoms with Gasteiger partial charge in [0, 0.05) is 29.5 Å². The lowest BCUT2D eigenvalue weighted by molar-refractivity contribution is 0.731. The molecule has 0 saturated heterocycles. The van der Waals surface area contributed by atoms with Crippen LogP contribution in [0.2, 0.25) is 0 Å². The standard InChI is InChI=1S/C14H17BrN2/c1-11(16)8-12-6-7-17(9-12)10-13-4-2-3-5-14(13)15/h2-7,9,11H,8,10,16H2,1H3. The van der Waals surface area contributed by atoms with Crippen LogP contribution in [0.5, 0.6) is 0 Å². The van der Waals surface area contributed by atoms with Crippen LogP contribution in [0.4, 0.5) is 0 Å². The first kappa shape index (κ1) is 12.4. The molecule has 2 N–H and O–H groups in total. The molecular weight excluding hydrogens is 276 g/mol. The minimum Gasteiger partial charge on any atom is -0.350 e. The van der Waals surface area contributed by atoms with Crippen LogP contribution in [0, 0.1) is 0 Å². The Morgan fingerprint density at radius 1 is 1.29 bits per heavy atom. The number of hydrogen-bond acceptors (Lipinski definition) is 1. The van der Waals surface area contributed by atoms with E-state index in [4.69, 9.17) is 5.73 Å². The molecule has 90 valence electrons. The lowest BCUT2D eigenvalue weighted by Gasteiger charge is -2.06. The molecule has 1 aromatic carbocycles. The third-order valence-electron chi connectivity index (χ3n) is 2.68. The van der Waals surface area contributed by atoms with Crippen LogP contribution in [-0.4, -0.2) is 10.6 Å². The van der Waals surface area contributed by atoms with Crippen LogP contribution in [-0.2, 0) is 13.0 Å². The van der Waals surface area contributed by atoms with Crippen molar-refractivity contribution < 1.29 is 0 Å². The predicted molar refractivity (Wildman–Crippen MR) is 75.0 cm³/mol. The summed E-state index contributed by atoms with van der Waals surface area (Å²) in [5, 5.41) is 0. The average Bonchev–Trinajstić information content (AvgIpc) is 2.68. The predicted octanol–water partition coefficient (Wildman–Crippen LogP) is 3.19. The first-order valence-corrected chi connectivity index (χ1v) is 6.58. The highest BCUT2D eigenvalue weighted by molar-refractivity contribution is 9.10. The molecule has 0 spiro atoms. The van der Waals surface area contributed by atoms with Gasteiger partial charge < -0.3 is 10.3 Å². The highest BCUT2D eigenvalue weighted by atomic mass is 79.9. The normalized spacial score (nSPS) is 12.6. The Balaban J connectivity index is 2.09. The number of nitrogens with zero attached hydrogens (tertiary/aromatic N) is 1. The lowest BCUT2D eigenvalue weighted by Crippen LogP contribution is -2.17. The fourth-order valence-electron chi connectivity index (χ4n) is 1.90. The van der Waals surface area contributed by atoms with Crippen molar-refractivity contribution in [1.29, 1.82) is 0 Å². The highest BCUT2D eigenvalue weighted by Crippen LogP contribution is 2.17. The van der Waals surface area contributed by atoms with Crippen molar-refractivity contribution in [2.24, 2.45) is 5.73 Å². The molecule has 0 aliphatic rings. The molecule has 0 aliphatic carbocycles. The van der Waals surface area contributed by atoms with Gasteiger partial charge in [0.15, 0.2) is 0 Å². The molecule has 1 unspecified atom stereocenters. The van der Waals surface area contributed by atoms with Crippen molar-refractivity contribution in [3.63, 3.8) is 0 Å². The molecule has 0 bridgehead atoms. The zero-order valence-electron chi connectivity index (χ0n) is 9.94. The Kier molecular flexibility index (Phi) is 4.02. The third kappa shape index (κ3) is 3.45.